The van der Waals surface area contributed by atoms with Crippen molar-refractivity contribution in [3.63, 3.8) is 0 Å². The Kier molecular flexibility index (Phi) is 3.92. The van der Waals surface area contributed by atoms with Crippen molar-refractivity contribution in [2.75, 3.05) is 12.8 Å². The molecule has 0 fully saturated rings. The number of anilines is 1. The van der Waals surface area contributed by atoms with Gasteiger partial charge in [-0.15, -0.1) is 5.11 Å². The summed E-state index contributed by atoms with van der Waals surface area (Å²) in [7, 11) is 1.59. The van der Waals surface area contributed by atoms with Crippen LogP contribution in [-0.4, -0.2) is 17.3 Å². The summed E-state index contributed by atoms with van der Waals surface area (Å²) in [5.74, 6) is 0.728. The van der Waals surface area contributed by atoms with Crippen molar-refractivity contribution in [3.8, 4) is 17.0 Å². The van der Waals surface area contributed by atoms with Gasteiger partial charge in [0.2, 0.25) is 0 Å². The fraction of sp³-hybridized carbons (Fsp3) is 0.0625. The molecular formula is C16H15N5O2. The second kappa shape index (κ2) is 6.18. The summed E-state index contributed by atoms with van der Waals surface area (Å²) < 4.78 is 5.08. The van der Waals surface area contributed by atoms with Crippen molar-refractivity contribution in [1.29, 1.82) is 0 Å². The van der Waals surface area contributed by atoms with Crippen LogP contribution in [-0.2, 0) is 0 Å². The molecule has 3 rings (SSSR count). The van der Waals surface area contributed by atoms with E-state index >= 15 is 0 Å². The predicted octanol–water partition coefficient (Wildman–Crippen LogP) is 3.38. The second-order valence-corrected chi connectivity index (χ2v) is 4.82. The molecule has 2 aromatic carbocycles. The van der Waals surface area contributed by atoms with E-state index in [1.807, 2.05) is 0 Å². The van der Waals surface area contributed by atoms with Crippen LogP contribution in [0.1, 0.15) is 0 Å². The number of benzene rings is 2. The van der Waals surface area contributed by atoms with Gasteiger partial charge in [-0.3, -0.25) is 15.0 Å². The van der Waals surface area contributed by atoms with E-state index in [4.69, 9.17) is 10.5 Å². The van der Waals surface area contributed by atoms with Gasteiger partial charge in [0.05, 0.1) is 18.5 Å². The minimum Gasteiger partial charge on any atom is -0.497 e. The normalized spacial score (nSPS) is 11.0. The Morgan fingerprint density at radius 2 is 1.65 bits per heavy atom. The van der Waals surface area contributed by atoms with Crippen molar-refractivity contribution in [2.24, 2.45) is 10.2 Å². The number of nitrogens with one attached hydrogen (secondary N) is 2. The summed E-state index contributed by atoms with van der Waals surface area (Å²) in [4.78, 5) is 11.9. The number of rotatable bonds is 4. The molecule has 23 heavy (non-hydrogen) atoms. The number of aromatic amines is 2. The van der Waals surface area contributed by atoms with E-state index in [0.717, 1.165) is 11.3 Å². The number of azo groups is 1. The zero-order chi connectivity index (χ0) is 16.2. The lowest BCUT2D eigenvalue weighted by atomic mass is 10.1. The van der Waals surface area contributed by atoms with Gasteiger partial charge in [-0.05, 0) is 36.4 Å². The van der Waals surface area contributed by atoms with Crippen LogP contribution in [0.3, 0.4) is 0 Å². The van der Waals surface area contributed by atoms with E-state index in [1.54, 1.807) is 55.6 Å². The second-order valence-electron chi connectivity index (χ2n) is 4.82. The summed E-state index contributed by atoms with van der Waals surface area (Å²) in [6.45, 7) is 0. The third kappa shape index (κ3) is 3.13. The van der Waals surface area contributed by atoms with Gasteiger partial charge in [-0.1, -0.05) is 12.1 Å². The number of methoxy groups -OCH3 is 1. The zero-order valence-corrected chi connectivity index (χ0v) is 12.4. The van der Waals surface area contributed by atoms with Crippen LogP contribution in [0, 0.1) is 0 Å². The average molecular weight is 309 g/mol. The largest absolute Gasteiger partial charge is 0.497 e. The first-order valence-corrected chi connectivity index (χ1v) is 6.90. The highest BCUT2D eigenvalue weighted by Crippen LogP contribution is 2.27. The Morgan fingerprint density at radius 3 is 2.30 bits per heavy atom. The summed E-state index contributed by atoms with van der Waals surface area (Å²) in [6.07, 6.45) is 0. The number of aromatic nitrogens is 2. The molecule has 0 radical (unpaired) electrons. The lowest BCUT2D eigenvalue weighted by Gasteiger charge is -2.00. The maximum Gasteiger partial charge on any atom is 0.292 e. The molecule has 0 spiro atoms. The predicted molar refractivity (Wildman–Crippen MR) is 88.4 cm³/mol. The van der Waals surface area contributed by atoms with Crippen LogP contribution in [0.15, 0.2) is 63.6 Å². The molecule has 7 heteroatoms. The molecule has 0 saturated carbocycles. The maximum absolute atomic E-state index is 11.9. The molecule has 0 unspecified atom stereocenters. The summed E-state index contributed by atoms with van der Waals surface area (Å²) in [6, 6.07) is 14.2. The maximum atomic E-state index is 11.9. The Morgan fingerprint density at radius 1 is 0.957 bits per heavy atom. The smallest absolute Gasteiger partial charge is 0.292 e. The molecule has 0 aliphatic rings. The van der Waals surface area contributed by atoms with Gasteiger partial charge in [0.1, 0.15) is 5.75 Å². The average Bonchev–Trinajstić information content (AvgIpc) is 2.95. The van der Waals surface area contributed by atoms with Crippen molar-refractivity contribution < 1.29 is 4.74 Å². The number of hydrogen-bond donors (Lipinski definition) is 3. The monoisotopic (exact) mass is 309 g/mol. The number of H-pyrrole nitrogens is 2. The van der Waals surface area contributed by atoms with Crippen LogP contribution >= 0.6 is 0 Å². The SMILES string of the molecule is COc1ccc(N=Nc2c(-c3ccc(N)cc3)[nH][nH]c2=O)cc1. The third-order valence-corrected chi connectivity index (χ3v) is 3.29. The summed E-state index contributed by atoms with van der Waals surface area (Å²) in [5.41, 5.74) is 8.17. The molecule has 0 atom stereocenters. The number of ether oxygens (including phenoxy) is 1. The number of nitrogens with zero attached hydrogens (tertiary/aromatic N) is 2. The highest BCUT2D eigenvalue weighted by Gasteiger charge is 2.11. The molecule has 1 aromatic heterocycles. The van der Waals surface area contributed by atoms with Gasteiger partial charge in [-0.2, -0.15) is 5.11 Å². The fourth-order valence-electron chi connectivity index (χ4n) is 2.06. The molecule has 4 N–H and O–H groups in total. The first kappa shape index (κ1) is 14.6. The topological polar surface area (TPSA) is 109 Å². The van der Waals surface area contributed by atoms with Gasteiger partial charge in [0.15, 0.2) is 5.69 Å². The molecule has 116 valence electrons. The van der Waals surface area contributed by atoms with E-state index in [-0.39, 0.29) is 11.2 Å². The van der Waals surface area contributed by atoms with Crippen LogP contribution in [0.2, 0.25) is 0 Å². The lowest BCUT2D eigenvalue weighted by molar-refractivity contribution is 0.415. The number of nitrogen functional groups attached to an aromatic ring is 1. The molecule has 1 heterocycles. The van der Waals surface area contributed by atoms with Crippen molar-refractivity contribution >= 4 is 17.1 Å². The summed E-state index contributed by atoms with van der Waals surface area (Å²) in [5, 5.41) is 13.5. The summed E-state index contributed by atoms with van der Waals surface area (Å²) >= 11 is 0. The quantitative estimate of drug-likeness (QED) is 0.507. The fourth-order valence-corrected chi connectivity index (χ4v) is 2.06. The van der Waals surface area contributed by atoms with E-state index in [0.29, 0.717) is 17.1 Å². The van der Waals surface area contributed by atoms with E-state index in [9.17, 15) is 4.79 Å². The molecule has 0 aliphatic heterocycles. The molecule has 0 saturated heterocycles. The van der Waals surface area contributed by atoms with Crippen LogP contribution in [0.4, 0.5) is 17.1 Å². The first-order chi connectivity index (χ1) is 11.2. The molecular weight excluding hydrogens is 294 g/mol. The first-order valence-electron chi connectivity index (χ1n) is 6.90. The van der Waals surface area contributed by atoms with E-state index in [1.165, 1.54) is 0 Å². The van der Waals surface area contributed by atoms with Gasteiger partial charge in [-0.25, -0.2) is 0 Å². The molecule has 0 aliphatic carbocycles. The van der Waals surface area contributed by atoms with Crippen molar-refractivity contribution in [3.05, 3.63) is 58.9 Å². The molecule has 3 aromatic rings. The minimum atomic E-state index is -0.339. The Balaban J connectivity index is 1.93. The zero-order valence-electron chi connectivity index (χ0n) is 12.4. The minimum absolute atomic E-state index is 0.214. The van der Waals surface area contributed by atoms with Gasteiger partial charge >= 0.3 is 0 Å². The highest BCUT2D eigenvalue weighted by molar-refractivity contribution is 5.72. The van der Waals surface area contributed by atoms with Gasteiger partial charge in [0, 0.05) is 11.3 Å². The Hall–Kier alpha value is -3.35. The van der Waals surface area contributed by atoms with Crippen molar-refractivity contribution in [1.82, 2.24) is 10.2 Å². The van der Waals surface area contributed by atoms with E-state index in [2.05, 4.69) is 20.4 Å². The highest BCUT2D eigenvalue weighted by atomic mass is 16.5. The number of hydrogen-bond acceptors (Lipinski definition) is 5. The molecule has 7 nitrogen and oxygen atoms in total. The standard InChI is InChI=1S/C16H15N5O2/c1-23-13-8-6-12(7-9-13)18-20-15-14(19-21-16(15)22)10-2-4-11(17)5-3-10/h2-9H,17H2,1H3,(H2,19,21,22). The van der Waals surface area contributed by atoms with Crippen LogP contribution in [0.5, 0.6) is 5.75 Å². The van der Waals surface area contributed by atoms with Crippen molar-refractivity contribution in [2.45, 2.75) is 0 Å². The van der Waals surface area contributed by atoms with Crippen LogP contribution in [0.25, 0.3) is 11.3 Å². The molecule has 0 bridgehead atoms. The van der Waals surface area contributed by atoms with Gasteiger partial charge in [0.25, 0.3) is 5.56 Å². The van der Waals surface area contributed by atoms with Gasteiger partial charge < -0.3 is 10.5 Å². The van der Waals surface area contributed by atoms with E-state index < -0.39 is 0 Å². The van der Waals surface area contributed by atoms with Crippen LogP contribution < -0.4 is 16.0 Å². The molecule has 0 amide bonds. The third-order valence-electron chi connectivity index (χ3n) is 3.29. The number of nitrogens with two attached hydrogens (primary N) is 1. The Bertz CT molecular complexity index is 876. The lowest BCUT2D eigenvalue weighted by Crippen LogP contribution is -1.96. The Labute approximate surface area is 131 Å².